The fourth-order valence-corrected chi connectivity index (χ4v) is 4.23. The van der Waals surface area contributed by atoms with Gasteiger partial charge in [-0.2, -0.15) is 0 Å². The van der Waals surface area contributed by atoms with Crippen molar-refractivity contribution in [3.05, 3.63) is 59.2 Å². The average Bonchev–Trinajstić information content (AvgIpc) is 2.99. The molecule has 1 atom stereocenters. The minimum absolute atomic E-state index is 0.156. The molecular weight excluding hydrogens is 322 g/mol. The number of rotatable bonds is 1. The molecule has 1 fully saturated rings. The van der Waals surface area contributed by atoms with Gasteiger partial charge < -0.3 is 9.80 Å². The van der Waals surface area contributed by atoms with Crippen LogP contribution in [0.1, 0.15) is 23.6 Å². The number of fused-ring (bicyclic) bond motifs is 1. The van der Waals surface area contributed by atoms with Gasteiger partial charge >= 0.3 is 6.03 Å². The number of carbonyl (C=O) groups is 1. The summed E-state index contributed by atoms with van der Waals surface area (Å²) in [4.78, 5) is 19.6. The first kappa shape index (κ1) is 17.0. The summed E-state index contributed by atoms with van der Waals surface area (Å²) in [5.74, 6) is 0. The topological polar surface area (TPSA) is 26.8 Å². The van der Waals surface area contributed by atoms with Gasteiger partial charge in [0.2, 0.25) is 0 Å². The second kappa shape index (κ2) is 6.67. The van der Waals surface area contributed by atoms with Gasteiger partial charge in [0.05, 0.1) is 0 Å². The Morgan fingerprint density at radius 3 is 2.38 bits per heavy atom. The number of aryl methyl sites for hydroxylation is 1. The molecule has 2 amide bonds. The Balaban J connectivity index is 1.47. The van der Waals surface area contributed by atoms with E-state index in [0.29, 0.717) is 0 Å². The molecule has 0 N–H and O–H groups in total. The van der Waals surface area contributed by atoms with E-state index in [1.807, 2.05) is 15.9 Å². The molecule has 0 spiro atoms. The number of para-hydroxylation sites is 1. The van der Waals surface area contributed by atoms with E-state index in [9.17, 15) is 4.79 Å². The van der Waals surface area contributed by atoms with E-state index in [1.165, 1.54) is 22.4 Å². The van der Waals surface area contributed by atoms with E-state index in [4.69, 9.17) is 0 Å². The average molecular weight is 349 g/mol. The Hall–Kier alpha value is -2.49. The smallest absolute Gasteiger partial charge is 0.324 e. The van der Waals surface area contributed by atoms with Gasteiger partial charge in [-0.25, -0.2) is 4.79 Å². The molecule has 0 radical (unpaired) electrons. The minimum Gasteiger partial charge on any atom is -0.368 e. The van der Waals surface area contributed by atoms with Crippen molar-refractivity contribution in [3.8, 4) is 0 Å². The first-order valence-electron chi connectivity index (χ1n) is 9.53. The number of urea groups is 1. The Morgan fingerprint density at radius 2 is 1.62 bits per heavy atom. The van der Waals surface area contributed by atoms with Gasteiger partial charge in [0.25, 0.3) is 0 Å². The van der Waals surface area contributed by atoms with Crippen LogP contribution >= 0.6 is 0 Å². The van der Waals surface area contributed by atoms with E-state index in [2.05, 4.69) is 62.1 Å². The summed E-state index contributed by atoms with van der Waals surface area (Å²) in [6, 6.07) is 15.2. The second-order valence-corrected chi connectivity index (χ2v) is 7.53. The van der Waals surface area contributed by atoms with Crippen molar-refractivity contribution in [1.29, 1.82) is 0 Å². The number of benzene rings is 2. The molecule has 136 valence electrons. The van der Waals surface area contributed by atoms with E-state index < -0.39 is 0 Å². The molecule has 0 bridgehead atoms. The quantitative estimate of drug-likeness (QED) is 0.778. The highest BCUT2D eigenvalue weighted by Gasteiger charge is 2.34. The molecule has 0 saturated carbocycles. The second-order valence-electron chi connectivity index (χ2n) is 7.53. The summed E-state index contributed by atoms with van der Waals surface area (Å²) in [5.41, 5.74) is 6.33. The van der Waals surface area contributed by atoms with Gasteiger partial charge in [-0.1, -0.05) is 30.3 Å². The maximum atomic E-state index is 13.2. The molecule has 4 rings (SSSR count). The zero-order valence-corrected chi connectivity index (χ0v) is 15.9. The molecule has 4 nitrogen and oxygen atoms in total. The number of piperazine rings is 1. The summed E-state index contributed by atoms with van der Waals surface area (Å²) in [7, 11) is 0. The normalized spacial score (nSPS) is 19.7. The van der Waals surface area contributed by atoms with E-state index in [1.54, 1.807) is 0 Å². The Labute approximate surface area is 156 Å². The van der Waals surface area contributed by atoms with Crippen LogP contribution in [0.25, 0.3) is 0 Å². The molecule has 1 unspecified atom stereocenters. The largest absolute Gasteiger partial charge is 0.368 e. The van der Waals surface area contributed by atoms with E-state index in [-0.39, 0.29) is 12.1 Å². The van der Waals surface area contributed by atoms with Crippen LogP contribution in [-0.2, 0) is 6.42 Å². The summed E-state index contributed by atoms with van der Waals surface area (Å²) < 4.78 is 0. The van der Waals surface area contributed by atoms with Crippen LogP contribution in [0.5, 0.6) is 0 Å². The van der Waals surface area contributed by atoms with Gasteiger partial charge in [-0.05, 0) is 56.0 Å². The molecule has 0 aliphatic carbocycles. The van der Waals surface area contributed by atoms with Crippen molar-refractivity contribution in [3.63, 3.8) is 0 Å². The monoisotopic (exact) mass is 349 g/mol. The van der Waals surface area contributed by atoms with Crippen molar-refractivity contribution in [2.75, 3.05) is 36.0 Å². The lowest BCUT2D eigenvalue weighted by molar-refractivity contribution is 0.199. The molecule has 2 aliphatic rings. The Kier molecular flexibility index (Phi) is 4.35. The van der Waals surface area contributed by atoms with Crippen LogP contribution < -0.4 is 9.80 Å². The molecule has 2 heterocycles. The highest BCUT2D eigenvalue weighted by molar-refractivity contribution is 5.95. The standard InChI is InChI=1S/C22H27N3O/c1-16-7-6-10-20(18(16)3)23-11-13-24(14-12-23)22(26)25-17(2)15-19-8-4-5-9-21(19)25/h4-10,17H,11-15H2,1-3H3. The zero-order valence-electron chi connectivity index (χ0n) is 15.9. The van der Waals surface area contributed by atoms with E-state index in [0.717, 1.165) is 38.3 Å². The minimum atomic E-state index is 0.156. The number of anilines is 2. The molecule has 2 aromatic rings. The number of amides is 2. The summed E-state index contributed by atoms with van der Waals surface area (Å²) in [6.07, 6.45) is 0.949. The lowest BCUT2D eigenvalue weighted by atomic mass is 10.1. The van der Waals surface area contributed by atoms with Crippen molar-refractivity contribution >= 4 is 17.4 Å². The van der Waals surface area contributed by atoms with E-state index >= 15 is 0 Å². The predicted octanol–water partition coefficient (Wildman–Crippen LogP) is 4.00. The summed E-state index contributed by atoms with van der Waals surface area (Å²) in [5, 5.41) is 0. The molecule has 4 heteroatoms. The SMILES string of the molecule is Cc1cccc(N2CCN(C(=O)N3c4ccccc4CC3C)CC2)c1C. The number of carbonyl (C=O) groups excluding carboxylic acids is 1. The van der Waals surface area contributed by atoms with Crippen LogP contribution in [0, 0.1) is 13.8 Å². The third-order valence-electron chi connectivity index (χ3n) is 5.88. The first-order chi connectivity index (χ1) is 12.6. The molecular formula is C22H27N3O. The lowest BCUT2D eigenvalue weighted by Gasteiger charge is -2.39. The molecule has 1 saturated heterocycles. The molecule has 2 aliphatic heterocycles. The molecule has 2 aromatic carbocycles. The fraction of sp³-hybridized carbons (Fsp3) is 0.409. The maximum Gasteiger partial charge on any atom is 0.324 e. The maximum absolute atomic E-state index is 13.2. The van der Waals surface area contributed by atoms with Gasteiger partial charge in [0.15, 0.2) is 0 Å². The van der Waals surface area contributed by atoms with Crippen molar-refractivity contribution in [1.82, 2.24) is 4.90 Å². The third kappa shape index (κ3) is 2.83. The summed E-state index contributed by atoms with van der Waals surface area (Å²) in [6.45, 7) is 9.81. The van der Waals surface area contributed by atoms with Crippen LogP contribution in [-0.4, -0.2) is 43.2 Å². The van der Waals surface area contributed by atoms with Crippen LogP contribution in [0.3, 0.4) is 0 Å². The highest BCUT2D eigenvalue weighted by atomic mass is 16.2. The van der Waals surface area contributed by atoms with Gasteiger partial charge in [0.1, 0.15) is 0 Å². The number of hydrogen-bond donors (Lipinski definition) is 0. The van der Waals surface area contributed by atoms with Crippen molar-refractivity contribution < 1.29 is 4.79 Å². The molecule has 0 aromatic heterocycles. The van der Waals surface area contributed by atoms with Crippen LogP contribution in [0.15, 0.2) is 42.5 Å². The summed E-state index contributed by atoms with van der Waals surface area (Å²) >= 11 is 0. The van der Waals surface area contributed by atoms with Crippen molar-refractivity contribution in [2.45, 2.75) is 33.2 Å². The number of nitrogens with zero attached hydrogens (tertiary/aromatic N) is 3. The van der Waals surface area contributed by atoms with Crippen LogP contribution in [0.2, 0.25) is 0 Å². The fourth-order valence-electron chi connectivity index (χ4n) is 4.23. The van der Waals surface area contributed by atoms with Crippen molar-refractivity contribution in [2.24, 2.45) is 0 Å². The van der Waals surface area contributed by atoms with Gasteiger partial charge in [0, 0.05) is 43.6 Å². The van der Waals surface area contributed by atoms with Crippen LogP contribution in [0.4, 0.5) is 16.2 Å². The first-order valence-corrected chi connectivity index (χ1v) is 9.53. The highest BCUT2D eigenvalue weighted by Crippen LogP contribution is 2.33. The zero-order chi connectivity index (χ0) is 18.3. The Bertz CT molecular complexity index is 824. The van der Waals surface area contributed by atoms with Gasteiger partial charge in [-0.15, -0.1) is 0 Å². The number of hydrogen-bond acceptors (Lipinski definition) is 2. The predicted molar refractivity (Wildman–Crippen MR) is 107 cm³/mol. The Morgan fingerprint density at radius 1 is 0.923 bits per heavy atom. The third-order valence-corrected chi connectivity index (χ3v) is 5.88. The van der Waals surface area contributed by atoms with Gasteiger partial charge in [-0.3, -0.25) is 4.90 Å². The molecule has 26 heavy (non-hydrogen) atoms. The lowest BCUT2D eigenvalue weighted by Crippen LogP contribution is -2.54.